The van der Waals surface area contributed by atoms with Crippen molar-refractivity contribution in [1.29, 1.82) is 0 Å². The fraction of sp³-hybridized carbons (Fsp3) is 0.100. The van der Waals surface area contributed by atoms with Crippen LogP contribution in [0.1, 0.15) is 16.7 Å². The largest absolute Gasteiger partial charge is 0.0889 e. The van der Waals surface area contributed by atoms with Crippen molar-refractivity contribution in [2.45, 2.75) is 23.1 Å². The van der Waals surface area contributed by atoms with Crippen LogP contribution in [0.3, 0.4) is 0 Å². The van der Waals surface area contributed by atoms with Gasteiger partial charge >= 0.3 is 0 Å². The minimum atomic E-state index is 1.01. The summed E-state index contributed by atoms with van der Waals surface area (Å²) in [6.07, 6.45) is 1.01. The quantitative estimate of drug-likeness (QED) is 0.399. The van der Waals surface area contributed by atoms with Crippen molar-refractivity contribution >= 4 is 11.8 Å². The molecule has 0 bridgehead atoms. The first-order chi connectivity index (χ1) is 10.3. The molecule has 1 aliphatic rings. The van der Waals surface area contributed by atoms with Crippen LogP contribution in [-0.2, 0) is 6.42 Å². The van der Waals surface area contributed by atoms with Gasteiger partial charge in [-0.15, -0.1) is 0 Å². The topological polar surface area (TPSA) is 0 Å². The van der Waals surface area contributed by atoms with Crippen LogP contribution in [0.15, 0.2) is 76.5 Å². The molecule has 0 amide bonds. The zero-order valence-electron chi connectivity index (χ0n) is 12.0. The standard InChI is InChI=1S/C20H16S/c1-14-7-6-11-18-17-10-4-2-8-15(17)13-16-9-3-5-12-19(16)21-20(14)18/h2-12H,13H2,1H3. The van der Waals surface area contributed by atoms with Gasteiger partial charge in [-0.3, -0.25) is 0 Å². The first-order valence-corrected chi connectivity index (χ1v) is 8.08. The van der Waals surface area contributed by atoms with Crippen molar-refractivity contribution in [2.24, 2.45) is 0 Å². The van der Waals surface area contributed by atoms with Crippen molar-refractivity contribution in [2.75, 3.05) is 0 Å². The molecule has 0 unspecified atom stereocenters. The Balaban J connectivity index is 2.05. The highest BCUT2D eigenvalue weighted by molar-refractivity contribution is 7.99. The molecule has 0 radical (unpaired) electrons. The lowest BCUT2D eigenvalue weighted by Gasteiger charge is -2.20. The average molecular weight is 288 g/mol. The first-order valence-electron chi connectivity index (χ1n) is 7.26. The highest BCUT2D eigenvalue weighted by Gasteiger charge is 2.17. The normalized spacial score (nSPS) is 12.6. The number of rotatable bonds is 0. The van der Waals surface area contributed by atoms with Gasteiger partial charge in [0.2, 0.25) is 0 Å². The van der Waals surface area contributed by atoms with E-state index in [2.05, 4.69) is 73.7 Å². The van der Waals surface area contributed by atoms with Gasteiger partial charge in [0.05, 0.1) is 0 Å². The van der Waals surface area contributed by atoms with Gasteiger partial charge in [0, 0.05) is 9.79 Å². The molecule has 0 fully saturated rings. The summed E-state index contributed by atoms with van der Waals surface area (Å²) >= 11 is 1.91. The van der Waals surface area contributed by atoms with E-state index in [0.717, 1.165) is 6.42 Å². The SMILES string of the molecule is Cc1cccc2c1Sc1ccccc1Cc1ccccc1-2. The first kappa shape index (κ1) is 12.7. The summed E-state index contributed by atoms with van der Waals surface area (Å²) in [5.41, 5.74) is 6.92. The molecule has 0 aromatic heterocycles. The van der Waals surface area contributed by atoms with Gasteiger partial charge in [-0.05, 0) is 47.2 Å². The van der Waals surface area contributed by atoms with Gasteiger partial charge in [-0.25, -0.2) is 0 Å². The third kappa shape index (κ3) is 2.18. The van der Waals surface area contributed by atoms with Crippen LogP contribution in [0, 0.1) is 6.92 Å². The molecule has 3 aromatic rings. The van der Waals surface area contributed by atoms with E-state index in [1.54, 1.807) is 0 Å². The Morgan fingerprint density at radius 1 is 0.714 bits per heavy atom. The van der Waals surface area contributed by atoms with Crippen LogP contribution in [-0.4, -0.2) is 0 Å². The third-order valence-corrected chi connectivity index (χ3v) is 5.45. The number of hydrogen-bond acceptors (Lipinski definition) is 1. The highest BCUT2D eigenvalue weighted by Crippen LogP contribution is 2.43. The molecule has 0 saturated heterocycles. The molecule has 21 heavy (non-hydrogen) atoms. The Morgan fingerprint density at radius 2 is 1.43 bits per heavy atom. The molecule has 0 atom stereocenters. The van der Waals surface area contributed by atoms with Crippen LogP contribution in [0.4, 0.5) is 0 Å². The van der Waals surface area contributed by atoms with E-state index >= 15 is 0 Å². The maximum absolute atomic E-state index is 2.26. The van der Waals surface area contributed by atoms with Gasteiger partial charge in [0.15, 0.2) is 0 Å². The molecular weight excluding hydrogens is 272 g/mol. The summed E-state index contributed by atoms with van der Waals surface area (Å²) in [6, 6.07) is 24.2. The minimum Gasteiger partial charge on any atom is -0.0889 e. The van der Waals surface area contributed by atoms with Gasteiger partial charge in [0.1, 0.15) is 0 Å². The molecule has 0 spiro atoms. The van der Waals surface area contributed by atoms with E-state index in [-0.39, 0.29) is 0 Å². The molecular formula is C20H16S. The fourth-order valence-corrected chi connectivity index (χ4v) is 4.16. The van der Waals surface area contributed by atoms with Crippen LogP contribution < -0.4 is 0 Å². The smallest absolute Gasteiger partial charge is 0.0230 e. The third-order valence-electron chi connectivity index (χ3n) is 4.08. The molecule has 0 N–H and O–H groups in total. The molecule has 1 aliphatic heterocycles. The van der Waals surface area contributed by atoms with Crippen molar-refractivity contribution in [3.05, 3.63) is 83.4 Å². The predicted octanol–water partition coefficient (Wildman–Crippen LogP) is 5.72. The van der Waals surface area contributed by atoms with E-state index in [1.807, 2.05) is 11.8 Å². The molecule has 4 rings (SSSR count). The van der Waals surface area contributed by atoms with Gasteiger partial charge in [0.25, 0.3) is 0 Å². The van der Waals surface area contributed by atoms with Crippen molar-refractivity contribution in [1.82, 2.24) is 0 Å². The number of hydrogen-bond donors (Lipinski definition) is 0. The van der Waals surface area contributed by atoms with Crippen LogP contribution in [0.25, 0.3) is 11.1 Å². The monoisotopic (exact) mass is 288 g/mol. The average Bonchev–Trinajstić information content (AvgIpc) is 2.50. The predicted molar refractivity (Wildman–Crippen MR) is 90.0 cm³/mol. The van der Waals surface area contributed by atoms with E-state index in [0.29, 0.717) is 0 Å². The fourth-order valence-electron chi connectivity index (χ4n) is 3.00. The lowest BCUT2D eigenvalue weighted by atomic mass is 9.94. The molecule has 0 nitrogen and oxygen atoms in total. The van der Waals surface area contributed by atoms with Crippen molar-refractivity contribution in [3.8, 4) is 11.1 Å². The highest BCUT2D eigenvalue weighted by atomic mass is 32.2. The molecule has 0 saturated carbocycles. The summed E-state index contributed by atoms with van der Waals surface area (Å²) in [5, 5.41) is 0. The second-order valence-electron chi connectivity index (χ2n) is 5.50. The molecule has 102 valence electrons. The lowest BCUT2D eigenvalue weighted by Crippen LogP contribution is -1.99. The zero-order chi connectivity index (χ0) is 14.2. The van der Waals surface area contributed by atoms with E-state index in [4.69, 9.17) is 0 Å². The lowest BCUT2D eigenvalue weighted by molar-refractivity contribution is 1.11. The minimum absolute atomic E-state index is 1.01. The Labute approximate surface area is 129 Å². The summed E-state index contributed by atoms with van der Waals surface area (Å²) in [7, 11) is 0. The van der Waals surface area contributed by atoms with Gasteiger partial charge < -0.3 is 0 Å². The van der Waals surface area contributed by atoms with Crippen molar-refractivity contribution in [3.63, 3.8) is 0 Å². The van der Waals surface area contributed by atoms with E-state index in [9.17, 15) is 0 Å². The van der Waals surface area contributed by atoms with Crippen LogP contribution in [0.2, 0.25) is 0 Å². The summed E-state index contributed by atoms with van der Waals surface area (Å²) in [6.45, 7) is 2.21. The van der Waals surface area contributed by atoms with Crippen LogP contribution >= 0.6 is 11.8 Å². The summed E-state index contributed by atoms with van der Waals surface area (Å²) in [4.78, 5) is 2.76. The summed E-state index contributed by atoms with van der Waals surface area (Å²) < 4.78 is 0. The Kier molecular flexibility index (Phi) is 3.08. The molecule has 1 heterocycles. The maximum Gasteiger partial charge on any atom is 0.0230 e. The van der Waals surface area contributed by atoms with Gasteiger partial charge in [-0.1, -0.05) is 72.4 Å². The van der Waals surface area contributed by atoms with Crippen molar-refractivity contribution < 1.29 is 0 Å². The Bertz CT molecular complexity index is 818. The molecule has 0 aliphatic carbocycles. The number of fused-ring (bicyclic) bond motifs is 4. The summed E-state index contributed by atoms with van der Waals surface area (Å²) in [5.74, 6) is 0. The van der Waals surface area contributed by atoms with Crippen LogP contribution in [0.5, 0.6) is 0 Å². The molecule has 3 aromatic carbocycles. The Hall–Kier alpha value is -1.99. The second kappa shape index (κ2) is 5.09. The number of aryl methyl sites for hydroxylation is 1. The second-order valence-corrected chi connectivity index (χ2v) is 6.55. The number of benzene rings is 3. The molecule has 1 heteroatoms. The Morgan fingerprint density at radius 3 is 2.33 bits per heavy atom. The van der Waals surface area contributed by atoms with E-state index in [1.165, 1.54) is 37.6 Å². The maximum atomic E-state index is 2.26. The zero-order valence-corrected chi connectivity index (χ0v) is 12.8. The van der Waals surface area contributed by atoms with E-state index < -0.39 is 0 Å². The van der Waals surface area contributed by atoms with Gasteiger partial charge in [-0.2, -0.15) is 0 Å².